The summed E-state index contributed by atoms with van der Waals surface area (Å²) in [6.07, 6.45) is 3.67. The van der Waals surface area contributed by atoms with Gasteiger partial charge in [0, 0.05) is 43.7 Å². The molecule has 4 heterocycles. The van der Waals surface area contributed by atoms with Crippen molar-refractivity contribution in [1.29, 1.82) is 0 Å². The van der Waals surface area contributed by atoms with E-state index in [4.69, 9.17) is 14.8 Å². The van der Waals surface area contributed by atoms with E-state index in [-0.39, 0.29) is 5.91 Å². The second-order valence-corrected chi connectivity index (χ2v) is 11.4. The van der Waals surface area contributed by atoms with E-state index >= 15 is 0 Å². The number of benzene rings is 2. The van der Waals surface area contributed by atoms with Gasteiger partial charge in [-0.05, 0) is 68.7 Å². The Bertz CT molecular complexity index is 1790. The number of carbonyl (C=O) groups is 1. The number of β-amino-alcohol motifs (C(OH)–C–C–N with tert-alkyl or cyclic N) is 1. The normalized spacial score (nSPS) is 15.3. The van der Waals surface area contributed by atoms with Crippen molar-refractivity contribution in [2.45, 2.75) is 45.4 Å². The van der Waals surface area contributed by atoms with Gasteiger partial charge in [0.1, 0.15) is 17.2 Å². The lowest BCUT2D eigenvalue weighted by atomic mass is 10.0. The Balaban J connectivity index is 1.40. The van der Waals surface area contributed by atoms with Gasteiger partial charge in [-0.2, -0.15) is 14.7 Å². The number of methoxy groups -OCH3 is 1. The molecular weight excluding hydrogens is 546 g/mol. The fraction of sp³-hybridized carbons (Fsp3) is 0.312. The molecule has 0 radical (unpaired) electrons. The first kappa shape index (κ1) is 28.4. The minimum absolute atomic E-state index is 0.200. The van der Waals surface area contributed by atoms with Crippen LogP contribution in [-0.2, 0) is 12.1 Å². The highest BCUT2D eigenvalue weighted by Gasteiger charge is 2.29. The van der Waals surface area contributed by atoms with Crippen LogP contribution in [0.1, 0.15) is 47.6 Å². The van der Waals surface area contributed by atoms with Crippen molar-refractivity contribution in [3.05, 3.63) is 89.5 Å². The molecule has 6 rings (SSSR count). The van der Waals surface area contributed by atoms with Gasteiger partial charge in [0.25, 0.3) is 5.91 Å². The van der Waals surface area contributed by atoms with E-state index in [1.807, 2.05) is 54.2 Å². The topological polar surface area (TPSA) is 130 Å². The van der Waals surface area contributed by atoms with Gasteiger partial charge < -0.3 is 25.2 Å². The minimum Gasteiger partial charge on any atom is -0.496 e. The Morgan fingerprint density at radius 1 is 1.16 bits per heavy atom. The standard InChI is InChI=1S/C32H35N7O4/c1-20-29(22-9-10-26(43-4)25(16-22)31(41)37-14-11-24(40)19-37)30-35-27(32(2,3)42)17-28(39(30)36-20)33-18-21-7-5-8-23(15-21)38-13-6-12-34-38/h5-10,12-13,15-17,24,33,40,42H,11,14,18-19H2,1-4H3/t24-/m0/s1. The summed E-state index contributed by atoms with van der Waals surface area (Å²) in [5, 5.41) is 33.6. The van der Waals surface area contributed by atoms with Crippen LogP contribution in [0.4, 0.5) is 5.82 Å². The molecule has 5 aromatic rings. The van der Waals surface area contributed by atoms with Crippen molar-refractivity contribution in [2.75, 3.05) is 25.5 Å². The van der Waals surface area contributed by atoms with Crippen molar-refractivity contribution in [3.8, 4) is 22.6 Å². The maximum Gasteiger partial charge on any atom is 0.257 e. The summed E-state index contributed by atoms with van der Waals surface area (Å²) in [5.41, 5.74) is 4.40. The summed E-state index contributed by atoms with van der Waals surface area (Å²) in [6, 6.07) is 17.2. The molecule has 1 aliphatic rings. The summed E-state index contributed by atoms with van der Waals surface area (Å²) < 4.78 is 9.08. The first-order valence-electron chi connectivity index (χ1n) is 14.2. The lowest BCUT2D eigenvalue weighted by Crippen LogP contribution is -2.29. The van der Waals surface area contributed by atoms with Gasteiger partial charge in [-0.15, -0.1) is 0 Å². The number of likely N-dealkylation sites (tertiary alicyclic amines) is 1. The molecule has 0 unspecified atom stereocenters. The number of ether oxygens (including phenoxy) is 1. The highest BCUT2D eigenvalue weighted by Crippen LogP contribution is 2.35. The van der Waals surface area contributed by atoms with E-state index in [2.05, 4.69) is 16.5 Å². The number of amides is 1. The number of aromatic nitrogens is 5. The lowest BCUT2D eigenvalue weighted by molar-refractivity contribution is 0.0739. The van der Waals surface area contributed by atoms with Crippen LogP contribution in [0.2, 0.25) is 0 Å². The lowest BCUT2D eigenvalue weighted by Gasteiger charge is -2.19. The van der Waals surface area contributed by atoms with E-state index in [0.717, 1.165) is 22.4 Å². The number of hydrogen-bond donors (Lipinski definition) is 3. The molecule has 2 aromatic carbocycles. The van der Waals surface area contributed by atoms with Gasteiger partial charge in [0.2, 0.25) is 0 Å². The van der Waals surface area contributed by atoms with Gasteiger partial charge in [-0.3, -0.25) is 4.79 Å². The number of aryl methyl sites for hydroxylation is 1. The molecule has 11 nitrogen and oxygen atoms in total. The van der Waals surface area contributed by atoms with Crippen LogP contribution < -0.4 is 10.1 Å². The number of nitrogens with one attached hydrogen (secondary N) is 1. The fourth-order valence-electron chi connectivity index (χ4n) is 5.45. The Hall–Kier alpha value is -4.74. The number of rotatable bonds is 8. The first-order valence-corrected chi connectivity index (χ1v) is 14.2. The highest BCUT2D eigenvalue weighted by atomic mass is 16.5. The number of anilines is 1. The Kier molecular flexibility index (Phi) is 7.37. The highest BCUT2D eigenvalue weighted by molar-refractivity contribution is 5.99. The third kappa shape index (κ3) is 5.56. The minimum atomic E-state index is -1.22. The maximum atomic E-state index is 13.5. The predicted molar refractivity (Wildman–Crippen MR) is 162 cm³/mol. The molecule has 1 fully saturated rings. The molecule has 3 aromatic heterocycles. The number of hydrogen-bond acceptors (Lipinski definition) is 8. The monoisotopic (exact) mass is 581 g/mol. The molecule has 0 spiro atoms. The first-order chi connectivity index (χ1) is 20.6. The van der Waals surface area contributed by atoms with Crippen molar-refractivity contribution in [1.82, 2.24) is 29.3 Å². The number of nitrogens with zero attached hydrogens (tertiary/aromatic N) is 6. The Morgan fingerprint density at radius 2 is 2.00 bits per heavy atom. The molecule has 1 amide bonds. The van der Waals surface area contributed by atoms with Gasteiger partial charge in [-0.1, -0.05) is 18.2 Å². The van der Waals surface area contributed by atoms with Crippen molar-refractivity contribution < 1.29 is 19.7 Å². The molecule has 11 heteroatoms. The molecule has 0 saturated carbocycles. The third-order valence-corrected chi connectivity index (χ3v) is 7.71. The summed E-state index contributed by atoms with van der Waals surface area (Å²) in [5.74, 6) is 0.917. The zero-order valence-electron chi connectivity index (χ0n) is 24.7. The third-order valence-electron chi connectivity index (χ3n) is 7.71. The van der Waals surface area contributed by atoms with Crippen LogP contribution >= 0.6 is 0 Å². The van der Waals surface area contributed by atoms with Crippen LogP contribution in [0.25, 0.3) is 22.5 Å². The SMILES string of the molecule is COc1ccc(-c2c(C)nn3c(NCc4cccc(-n5cccn5)c4)cc(C(C)(C)O)nc23)cc1C(=O)N1CC[C@H](O)C1. The van der Waals surface area contributed by atoms with Crippen molar-refractivity contribution >= 4 is 17.4 Å². The Labute approximate surface area is 249 Å². The second kappa shape index (κ2) is 11.2. The van der Waals surface area contributed by atoms with E-state index in [1.54, 1.807) is 41.6 Å². The van der Waals surface area contributed by atoms with Crippen LogP contribution in [0, 0.1) is 6.92 Å². The predicted octanol–water partition coefficient (Wildman–Crippen LogP) is 3.95. The average molecular weight is 582 g/mol. The molecule has 3 N–H and O–H groups in total. The fourth-order valence-corrected chi connectivity index (χ4v) is 5.45. The van der Waals surface area contributed by atoms with E-state index in [1.165, 1.54) is 7.11 Å². The summed E-state index contributed by atoms with van der Waals surface area (Å²) in [7, 11) is 1.53. The zero-order valence-corrected chi connectivity index (χ0v) is 24.7. The van der Waals surface area contributed by atoms with Gasteiger partial charge in [0.15, 0.2) is 5.65 Å². The Morgan fingerprint density at radius 3 is 2.70 bits per heavy atom. The molecule has 0 aliphatic carbocycles. The molecule has 43 heavy (non-hydrogen) atoms. The molecule has 1 atom stereocenters. The molecule has 1 aliphatic heterocycles. The number of aliphatic hydroxyl groups excluding tert-OH is 1. The molecule has 1 saturated heterocycles. The summed E-state index contributed by atoms with van der Waals surface area (Å²) in [4.78, 5) is 19.9. The number of carbonyl (C=O) groups excluding carboxylic acids is 1. The van der Waals surface area contributed by atoms with Crippen LogP contribution in [0.15, 0.2) is 67.0 Å². The van der Waals surface area contributed by atoms with Gasteiger partial charge in [0.05, 0.1) is 35.9 Å². The molecular formula is C32H35N7O4. The van der Waals surface area contributed by atoms with E-state index in [9.17, 15) is 15.0 Å². The van der Waals surface area contributed by atoms with Crippen LogP contribution in [0.5, 0.6) is 5.75 Å². The average Bonchev–Trinajstić information content (AvgIpc) is 3.75. The smallest absolute Gasteiger partial charge is 0.257 e. The number of aliphatic hydroxyl groups is 2. The summed E-state index contributed by atoms with van der Waals surface area (Å²) in [6.45, 7) is 6.56. The molecule has 222 valence electrons. The quantitative estimate of drug-likeness (QED) is 0.251. The molecule has 0 bridgehead atoms. The number of fused-ring (bicyclic) bond motifs is 1. The van der Waals surface area contributed by atoms with E-state index < -0.39 is 11.7 Å². The van der Waals surface area contributed by atoms with Crippen LogP contribution in [-0.4, -0.2) is 71.7 Å². The van der Waals surface area contributed by atoms with E-state index in [0.29, 0.717) is 60.2 Å². The maximum absolute atomic E-state index is 13.5. The van der Waals surface area contributed by atoms with Gasteiger partial charge >= 0.3 is 0 Å². The summed E-state index contributed by atoms with van der Waals surface area (Å²) >= 11 is 0. The van der Waals surface area contributed by atoms with Crippen LogP contribution in [0.3, 0.4) is 0 Å². The largest absolute Gasteiger partial charge is 0.496 e. The second-order valence-electron chi connectivity index (χ2n) is 11.4. The van der Waals surface area contributed by atoms with Crippen molar-refractivity contribution in [2.24, 2.45) is 0 Å². The van der Waals surface area contributed by atoms with Gasteiger partial charge in [-0.25, -0.2) is 9.67 Å². The zero-order chi connectivity index (χ0) is 30.3. The van der Waals surface area contributed by atoms with Crippen molar-refractivity contribution in [3.63, 3.8) is 0 Å².